The molecule has 0 fully saturated rings. The predicted octanol–water partition coefficient (Wildman–Crippen LogP) is 3.15. The lowest BCUT2D eigenvalue weighted by Gasteiger charge is -2.14. The number of amides is 1. The molecule has 3 aromatic carbocycles. The zero-order valence-electron chi connectivity index (χ0n) is 18.5. The predicted molar refractivity (Wildman–Crippen MR) is 130 cm³/mol. The van der Waals surface area contributed by atoms with E-state index in [0.29, 0.717) is 28.0 Å². The largest absolute Gasteiger partial charge is 0.497 e. The van der Waals surface area contributed by atoms with Crippen LogP contribution in [0.4, 0.5) is 11.4 Å². The van der Waals surface area contributed by atoms with E-state index in [-0.39, 0.29) is 17.1 Å². The number of fused-ring (bicyclic) bond motifs is 1. The van der Waals surface area contributed by atoms with Crippen molar-refractivity contribution in [2.45, 2.75) is 18.4 Å². The number of para-hydroxylation sites is 2. The Bertz CT molecular complexity index is 1530. The smallest absolute Gasteiger partial charge is 0.269 e. The van der Waals surface area contributed by atoms with Gasteiger partial charge in [0, 0.05) is 11.4 Å². The van der Waals surface area contributed by atoms with Crippen molar-refractivity contribution in [3.05, 3.63) is 88.8 Å². The van der Waals surface area contributed by atoms with E-state index in [0.717, 1.165) is 6.20 Å². The first-order chi connectivity index (χ1) is 16.3. The van der Waals surface area contributed by atoms with Gasteiger partial charge < -0.3 is 10.1 Å². The van der Waals surface area contributed by atoms with Gasteiger partial charge in [0.05, 0.1) is 29.2 Å². The Morgan fingerprint density at radius 2 is 1.74 bits per heavy atom. The second-order valence-corrected chi connectivity index (χ2v) is 9.18. The molecular weight excluding hydrogens is 456 g/mol. The van der Waals surface area contributed by atoms with Crippen LogP contribution in [0.5, 0.6) is 5.75 Å². The molecule has 10 heteroatoms. The van der Waals surface area contributed by atoms with E-state index in [2.05, 4.69) is 15.0 Å². The number of sulfonamides is 1. The molecule has 0 aliphatic heterocycles. The summed E-state index contributed by atoms with van der Waals surface area (Å²) in [6, 6.07) is 18.1. The second kappa shape index (κ2) is 9.36. The molecule has 174 valence electrons. The molecular formula is C24H22N4O5S. The van der Waals surface area contributed by atoms with Crippen LogP contribution in [0.15, 0.2) is 82.6 Å². The summed E-state index contributed by atoms with van der Waals surface area (Å²) in [6.45, 7) is 1.42. The Morgan fingerprint density at radius 1 is 1.03 bits per heavy atom. The van der Waals surface area contributed by atoms with Crippen molar-refractivity contribution < 1.29 is 17.9 Å². The monoisotopic (exact) mass is 478 g/mol. The number of carbonyl (C=O) groups excluding carboxylic acids is 1. The Balaban J connectivity index is 1.56. The van der Waals surface area contributed by atoms with Crippen LogP contribution >= 0.6 is 0 Å². The number of anilines is 2. The van der Waals surface area contributed by atoms with Crippen LogP contribution in [-0.2, 0) is 21.4 Å². The van der Waals surface area contributed by atoms with E-state index >= 15 is 0 Å². The second-order valence-electron chi connectivity index (χ2n) is 7.53. The molecule has 0 saturated carbocycles. The zero-order valence-corrected chi connectivity index (χ0v) is 19.3. The van der Waals surface area contributed by atoms with Gasteiger partial charge in [-0.1, -0.05) is 18.2 Å². The van der Waals surface area contributed by atoms with Gasteiger partial charge in [-0.2, -0.15) is 0 Å². The lowest BCUT2D eigenvalue weighted by molar-refractivity contribution is -0.116. The third kappa shape index (κ3) is 4.91. The maximum atomic E-state index is 13.0. The van der Waals surface area contributed by atoms with Gasteiger partial charge in [-0.3, -0.25) is 18.9 Å². The van der Waals surface area contributed by atoms with E-state index in [1.54, 1.807) is 67.6 Å². The lowest BCUT2D eigenvalue weighted by atomic mass is 10.2. The minimum atomic E-state index is -3.92. The van der Waals surface area contributed by atoms with Crippen molar-refractivity contribution in [3.8, 4) is 5.75 Å². The van der Waals surface area contributed by atoms with Gasteiger partial charge in [0.25, 0.3) is 15.6 Å². The number of nitrogens with one attached hydrogen (secondary N) is 2. The number of ether oxygens (including phenoxy) is 1. The molecule has 0 spiro atoms. The third-order valence-electron chi connectivity index (χ3n) is 5.16. The fourth-order valence-corrected chi connectivity index (χ4v) is 4.79. The zero-order chi connectivity index (χ0) is 24.3. The molecule has 0 saturated heterocycles. The topological polar surface area (TPSA) is 119 Å². The van der Waals surface area contributed by atoms with Crippen molar-refractivity contribution in [1.82, 2.24) is 9.55 Å². The molecule has 0 unspecified atom stereocenters. The van der Waals surface area contributed by atoms with Crippen molar-refractivity contribution >= 4 is 38.3 Å². The van der Waals surface area contributed by atoms with Gasteiger partial charge >= 0.3 is 0 Å². The molecule has 9 nitrogen and oxygen atoms in total. The van der Waals surface area contributed by atoms with E-state index in [4.69, 9.17) is 4.74 Å². The molecule has 0 aliphatic rings. The number of aromatic nitrogens is 2. The van der Waals surface area contributed by atoms with Gasteiger partial charge in [-0.25, -0.2) is 13.4 Å². The van der Waals surface area contributed by atoms with Gasteiger partial charge in [-0.15, -0.1) is 0 Å². The summed E-state index contributed by atoms with van der Waals surface area (Å²) in [7, 11) is -2.40. The van der Waals surface area contributed by atoms with Crippen molar-refractivity contribution in [2.24, 2.45) is 0 Å². The molecule has 4 rings (SSSR count). The van der Waals surface area contributed by atoms with E-state index in [9.17, 15) is 18.0 Å². The quantitative estimate of drug-likeness (QED) is 0.421. The highest BCUT2D eigenvalue weighted by Gasteiger charge is 2.19. The lowest BCUT2D eigenvalue weighted by Crippen LogP contribution is -2.28. The minimum absolute atomic E-state index is 0.0210. The van der Waals surface area contributed by atoms with Crippen LogP contribution in [0, 0.1) is 6.92 Å². The molecule has 0 bridgehead atoms. The average Bonchev–Trinajstić information content (AvgIpc) is 2.82. The molecule has 0 atom stereocenters. The van der Waals surface area contributed by atoms with E-state index < -0.39 is 21.5 Å². The number of aryl methyl sites for hydroxylation is 1. The molecule has 0 radical (unpaired) electrons. The van der Waals surface area contributed by atoms with E-state index in [1.165, 1.54) is 17.7 Å². The molecule has 1 amide bonds. The first-order valence-corrected chi connectivity index (χ1v) is 11.8. The van der Waals surface area contributed by atoms with Gasteiger partial charge in [0.2, 0.25) is 5.91 Å². The number of carbonyl (C=O) groups is 1. The maximum absolute atomic E-state index is 13.0. The number of hydrogen-bond acceptors (Lipinski definition) is 6. The highest BCUT2D eigenvalue weighted by atomic mass is 32.2. The van der Waals surface area contributed by atoms with E-state index in [1.807, 2.05) is 0 Å². The molecule has 1 heterocycles. The normalized spacial score (nSPS) is 11.2. The highest BCUT2D eigenvalue weighted by Crippen LogP contribution is 2.24. The SMILES string of the molecule is COc1ccc(NS(=O)(=O)c2cc(NC(=O)Cn3c(=O)cnc4ccccc43)ccc2C)cc1. The molecule has 0 aliphatic carbocycles. The number of benzene rings is 3. The summed E-state index contributed by atoms with van der Waals surface area (Å²) in [5.74, 6) is 0.124. The average molecular weight is 479 g/mol. The number of hydrogen-bond donors (Lipinski definition) is 2. The van der Waals surface area contributed by atoms with Crippen LogP contribution in [0.25, 0.3) is 11.0 Å². The molecule has 4 aromatic rings. The summed E-state index contributed by atoms with van der Waals surface area (Å²) in [5, 5.41) is 2.67. The standard InChI is InChI=1S/C24H22N4O5S/c1-16-7-8-18(13-22(16)34(31,32)27-17-9-11-19(33-2)12-10-17)26-23(29)15-28-21-6-4-3-5-20(21)25-14-24(28)30/h3-14,27H,15H2,1-2H3,(H,26,29). The molecule has 1 aromatic heterocycles. The summed E-state index contributed by atoms with van der Waals surface area (Å²) in [6.07, 6.45) is 1.16. The summed E-state index contributed by atoms with van der Waals surface area (Å²) in [4.78, 5) is 29.1. The van der Waals surface area contributed by atoms with Crippen LogP contribution in [0.2, 0.25) is 0 Å². The number of rotatable bonds is 7. The van der Waals surface area contributed by atoms with Gasteiger partial charge in [0.15, 0.2) is 0 Å². The van der Waals surface area contributed by atoms with Crippen LogP contribution in [-0.4, -0.2) is 31.0 Å². The van der Waals surface area contributed by atoms with Crippen molar-refractivity contribution in [3.63, 3.8) is 0 Å². The fourth-order valence-electron chi connectivity index (χ4n) is 3.46. The Labute approximate surface area is 196 Å². The Morgan fingerprint density at radius 3 is 2.47 bits per heavy atom. The summed E-state index contributed by atoms with van der Waals surface area (Å²) >= 11 is 0. The van der Waals surface area contributed by atoms with Crippen LogP contribution in [0.1, 0.15) is 5.56 Å². The molecule has 34 heavy (non-hydrogen) atoms. The Hall–Kier alpha value is -4.18. The van der Waals surface area contributed by atoms with Crippen molar-refractivity contribution in [2.75, 3.05) is 17.1 Å². The summed E-state index contributed by atoms with van der Waals surface area (Å²) in [5.41, 5.74) is 1.88. The third-order valence-corrected chi connectivity index (χ3v) is 6.68. The fraction of sp³-hybridized carbons (Fsp3) is 0.125. The van der Waals surface area contributed by atoms with Gasteiger partial charge in [0.1, 0.15) is 12.3 Å². The number of nitrogens with zero attached hydrogens (tertiary/aromatic N) is 2. The first kappa shape index (κ1) is 23.0. The molecule has 2 N–H and O–H groups in total. The first-order valence-electron chi connectivity index (χ1n) is 10.3. The number of methoxy groups -OCH3 is 1. The minimum Gasteiger partial charge on any atom is -0.497 e. The summed E-state index contributed by atoms with van der Waals surface area (Å²) < 4.78 is 34.9. The van der Waals surface area contributed by atoms with Crippen LogP contribution in [0.3, 0.4) is 0 Å². The highest BCUT2D eigenvalue weighted by molar-refractivity contribution is 7.92. The van der Waals surface area contributed by atoms with Gasteiger partial charge in [-0.05, 0) is 61.0 Å². The maximum Gasteiger partial charge on any atom is 0.269 e. The van der Waals surface area contributed by atoms with Crippen molar-refractivity contribution in [1.29, 1.82) is 0 Å². The Kier molecular flexibility index (Phi) is 6.33. The van der Waals surface area contributed by atoms with Crippen LogP contribution < -0.4 is 20.3 Å².